The Hall–Kier alpha value is -1.32. The monoisotopic (exact) mass is 303 g/mol. The third kappa shape index (κ3) is 3.66. The van der Waals surface area contributed by atoms with E-state index in [1.54, 1.807) is 0 Å². The van der Waals surface area contributed by atoms with Gasteiger partial charge in [-0.3, -0.25) is 0 Å². The number of rotatable bonds is 4. The third-order valence-electron chi connectivity index (χ3n) is 4.43. The molecule has 1 aromatic heterocycles. The molecule has 2 aromatic rings. The van der Waals surface area contributed by atoms with Crippen LogP contribution in [-0.2, 0) is 6.54 Å². The highest BCUT2D eigenvalue weighted by Crippen LogP contribution is 2.27. The highest BCUT2D eigenvalue weighted by atomic mass is 35.5. The van der Waals surface area contributed by atoms with Crippen LogP contribution in [0.4, 0.5) is 0 Å². The fourth-order valence-corrected chi connectivity index (χ4v) is 3.28. The third-order valence-corrected chi connectivity index (χ3v) is 4.68. The van der Waals surface area contributed by atoms with Crippen molar-refractivity contribution in [3.63, 3.8) is 0 Å². The topological polar surface area (TPSA) is 21.1 Å². The molecule has 2 heterocycles. The molecule has 3 rings (SSSR count). The van der Waals surface area contributed by atoms with Crippen molar-refractivity contribution < 1.29 is 0 Å². The van der Waals surface area contributed by atoms with E-state index in [9.17, 15) is 0 Å². The lowest BCUT2D eigenvalue weighted by atomic mass is 9.91. The molecular formula is C17H22ClN3. The van der Waals surface area contributed by atoms with Crippen molar-refractivity contribution in [2.75, 3.05) is 19.6 Å². The van der Waals surface area contributed by atoms with Gasteiger partial charge in [-0.15, -0.1) is 0 Å². The van der Waals surface area contributed by atoms with Gasteiger partial charge in [0.05, 0.1) is 0 Å². The number of nitrogens with zero attached hydrogens (tertiary/aromatic N) is 3. The van der Waals surface area contributed by atoms with Crippen LogP contribution in [0.25, 0.3) is 0 Å². The van der Waals surface area contributed by atoms with Gasteiger partial charge in [0.15, 0.2) is 0 Å². The highest BCUT2D eigenvalue weighted by molar-refractivity contribution is 6.30. The van der Waals surface area contributed by atoms with Crippen LogP contribution in [0.15, 0.2) is 36.7 Å². The lowest BCUT2D eigenvalue weighted by Gasteiger charge is -2.33. The van der Waals surface area contributed by atoms with Crippen molar-refractivity contribution in [3.8, 4) is 0 Å². The standard InChI is InChI=1S/C17H22ClN3/c1-14-19-8-10-21(14)12-11-20-9-2-3-16(13-20)15-4-6-17(18)7-5-15/h4-8,10,16H,2-3,9,11-13H2,1H3. The molecule has 21 heavy (non-hydrogen) atoms. The number of piperidine rings is 1. The lowest BCUT2D eigenvalue weighted by molar-refractivity contribution is 0.200. The molecule has 0 bridgehead atoms. The SMILES string of the molecule is Cc1nccn1CCN1CCCC(c2ccc(Cl)cc2)C1. The molecule has 1 aliphatic heterocycles. The highest BCUT2D eigenvalue weighted by Gasteiger charge is 2.21. The maximum Gasteiger partial charge on any atom is 0.105 e. The molecule has 1 saturated heterocycles. The molecule has 0 aliphatic carbocycles. The number of halogens is 1. The minimum Gasteiger partial charge on any atom is -0.334 e. The smallest absolute Gasteiger partial charge is 0.105 e. The molecular weight excluding hydrogens is 282 g/mol. The summed E-state index contributed by atoms with van der Waals surface area (Å²) in [6.45, 7) is 6.54. The van der Waals surface area contributed by atoms with Crippen LogP contribution in [-0.4, -0.2) is 34.1 Å². The Labute approximate surface area is 131 Å². The summed E-state index contributed by atoms with van der Waals surface area (Å²) in [6, 6.07) is 8.36. The first kappa shape index (κ1) is 14.6. The van der Waals surface area contributed by atoms with Gasteiger partial charge in [-0.05, 0) is 49.9 Å². The van der Waals surface area contributed by atoms with Crippen molar-refractivity contribution in [1.82, 2.24) is 14.5 Å². The van der Waals surface area contributed by atoms with Crippen molar-refractivity contribution >= 4 is 11.6 Å². The zero-order valence-electron chi connectivity index (χ0n) is 12.5. The number of aryl methyl sites for hydroxylation is 1. The summed E-state index contributed by atoms with van der Waals surface area (Å²) in [5, 5.41) is 0.821. The van der Waals surface area contributed by atoms with Crippen LogP contribution >= 0.6 is 11.6 Å². The summed E-state index contributed by atoms with van der Waals surface area (Å²) in [5.41, 5.74) is 1.42. The Balaban J connectivity index is 1.58. The van der Waals surface area contributed by atoms with E-state index in [2.05, 4.69) is 39.7 Å². The van der Waals surface area contributed by atoms with Gasteiger partial charge < -0.3 is 9.47 Å². The van der Waals surface area contributed by atoms with Crippen molar-refractivity contribution in [2.45, 2.75) is 32.2 Å². The van der Waals surface area contributed by atoms with E-state index in [4.69, 9.17) is 11.6 Å². The summed E-state index contributed by atoms with van der Waals surface area (Å²) >= 11 is 5.98. The molecule has 4 heteroatoms. The van der Waals surface area contributed by atoms with Crippen LogP contribution < -0.4 is 0 Å². The van der Waals surface area contributed by atoms with E-state index < -0.39 is 0 Å². The second kappa shape index (κ2) is 6.63. The van der Waals surface area contributed by atoms with Crippen molar-refractivity contribution in [1.29, 1.82) is 0 Å². The van der Waals surface area contributed by atoms with E-state index in [1.807, 2.05) is 18.3 Å². The molecule has 1 fully saturated rings. The first-order valence-electron chi connectivity index (χ1n) is 7.68. The molecule has 1 aliphatic rings. The summed E-state index contributed by atoms with van der Waals surface area (Å²) < 4.78 is 2.23. The number of imidazole rings is 1. The molecule has 3 nitrogen and oxygen atoms in total. The summed E-state index contributed by atoms with van der Waals surface area (Å²) in [4.78, 5) is 6.85. The Kier molecular flexibility index (Phi) is 4.61. The quantitative estimate of drug-likeness (QED) is 0.858. The fourth-order valence-electron chi connectivity index (χ4n) is 3.15. The Morgan fingerprint density at radius 3 is 2.76 bits per heavy atom. The second-order valence-corrected chi connectivity index (χ2v) is 6.30. The van der Waals surface area contributed by atoms with Crippen molar-refractivity contribution in [3.05, 3.63) is 53.1 Å². The zero-order chi connectivity index (χ0) is 14.7. The first-order valence-corrected chi connectivity index (χ1v) is 8.06. The van der Waals surface area contributed by atoms with Crippen LogP contribution in [0.2, 0.25) is 5.02 Å². The average molecular weight is 304 g/mol. The zero-order valence-corrected chi connectivity index (χ0v) is 13.3. The Bertz CT molecular complexity index is 576. The predicted octanol–water partition coefficient (Wildman–Crippen LogP) is 3.72. The van der Waals surface area contributed by atoms with Crippen LogP contribution in [0.5, 0.6) is 0 Å². The number of aromatic nitrogens is 2. The molecule has 1 unspecified atom stereocenters. The minimum absolute atomic E-state index is 0.639. The predicted molar refractivity (Wildman–Crippen MR) is 86.8 cm³/mol. The molecule has 0 N–H and O–H groups in total. The van der Waals surface area contributed by atoms with Crippen LogP contribution in [0.3, 0.4) is 0 Å². The van der Waals surface area contributed by atoms with Crippen LogP contribution in [0, 0.1) is 6.92 Å². The van der Waals surface area contributed by atoms with Gasteiger partial charge in [-0.2, -0.15) is 0 Å². The fraction of sp³-hybridized carbons (Fsp3) is 0.471. The lowest BCUT2D eigenvalue weighted by Crippen LogP contribution is -2.36. The van der Waals surface area contributed by atoms with Gasteiger partial charge in [-0.25, -0.2) is 4.98 Å². The van der Waals surface area contributed by atoms with E-state index in [0.717, 1.165) is 30.5 Å². The minimum atomic E-state index is 0.639. The summed E-state index contributed by atoms with van der Waals surface area (Å²) in [6.07, 6.45) is 6.50. The first-order chi connectivity index (χ1) is 10.2. The molecule has 0 saturated carbocycles. The van der Waals surface area contributed by atoms with E-state index >= 15 is 0 Å². The van der Waals surface area contributed by atoms with Crippen LogP contribution in [0.1, 0.15) is 30.1 Å². The molecule has 1 atom stereocenters. The number of benzene rings is 1. The average Bonchev–Trinajstić information content (AvgIpc) is 2.91. The molecule has 0 spiro atoms. The maximum absolute atomic E-state index is 5.98. The summed E-state index contributed by atoms with van der Waals surface area (Å²) in [5.74, 6) is 1.74. The second-order valence-electron chi connectivity index (χ2n) is 5.86. The largest absolute Gasteiger partial charge is 0.334 e. The van der Waals surface area contributed by atoms with E-state index in [1.165, 1.54) is 24.9 Å². The normalized spacial score (nSPS) is 19.8. The number of hydrogen-bond acceptors (Lipinski definition) is 2. The molecule has 0 radical (unpaired) electrons. The molecule has 1 aromatic carbocycles. The van der Waals surface area contributed by atoms with Crippen molar-refractivity contribution in [2.24, 2.45) is 0 Å². The van der Waals surface area contributed by atoms with Gasteiger partial charge in [0, 0.05) is 37.1 Å². The van der Waals surface area contributed by atoms with Gasteiger partial charge in [0.1, 0.15) is 5.82 Å². The Morgan fingerprint density at radius 2 is 2.05 bits per heavy atom. The van der Waals surface area contributed by atoms with Gasteiger partial charge in [0.2, 0.25) is 0 Å². The molecule has 112 valence electrons. The van der Waals surface area contributed by atoms with E-state index in [0.29, 0.717) is 5.92 Å². The number of hydrogen-bond donors (Lipinski definition) is 0. The van der Waals surface area contributed by atoms with Gasteiger partial charge in [-0.1, -0.05) is 23.7 Å². The molecule has 0 amide bonds. The Morgan fingerprint density at radius 1 is 1.24 bits per heavy atom. The number of likely N-dealkylation sites (tertiary alicyclic amines) is 1. The maximum atomic E-state index is 5.98. The summed E-state index contributed by atoms with van der Waals surface area (Å²) in [7, 11) is 0. The van der Waals surface area contributed by atoms with Gasteiger partial charge in [0.25, 0.3) is 0 Å². The van der Waals surface area contributed by atoms with E-state index in [-0.39, 0.29) is 0 Å². The van der Waals surface area contributed by atoms with Gasteiger partial charge >= 0.3 is 0 Å².